The second-order valence-electron chi connectivity index (χ2n) is 4.86. The summed E-state index contributed by atoms with van der Waals surface area (Å²) in [5, 5.41) is 10.6. The van der Waals surface area contributed by atoms with Gasteiger partial charge in [-0.25, -0.2) is 0 Å². The maximum atomic E-state index is 12.0. The van der Waals surface area contributed by atoms with E-state index in [1.54, 1.807) is 24.3 Å². The lowest BCUT2D eigenvalue weighted by molar-refractivity contribution is -0.119. The zero-order valence-corrected chi connectivity index (χ0v) is 9.56. The highest BCUT2D eigenvalue weighted by molar-refractivity contribution is 5.93. The third-order valence-electron chi connectivity index (χ3n) is 3.58. The predicted molar refractivity (Wildman–Crippen MR) is 62.5 cm³/mol. The second kappa shape index (κ2) is 3.74. The molecule has 0 aromatic heterocycles. The number of anilines is 1. The van der Waals surface area contributed by atoms with Gasteiger partial charge in [0.2, 0.25) is 0 Å². The smallest absolute Gasteiger partial charge is 0.253 e. The van der Waals surface area contributed by atoms with E-state index >= 15 is 0 Å². The Morgan fingerprint density at radius 2 is 1.82 bits per heavy atom. The van der Waals surface area contributed by atoms with Crippen LogP contribution in [0.1, 0.15) is 32.1 Å². The summed E-state index contributed by atoms with van der Waals surface area (Å²) < 4.78 is 0. The number of aromatic hydroxyl groups is 1. The van der Waals surface area contributed by atoms with Crippen molar-refractivity contribution in [1.29, 1.82) is 0 Å². The van der Waals surface area contributed by atoms with Crippen molar-refractivity contribution in [3.05, 3.63) is 24.3 Å². The first-order valence-electron chi connectivity index (χ1n) is 6.00. The number of phenols is 1. The van der Waals surface area contributed by atoms with Crippen LogP contribution in [0.5, 0.6) is 5.75 Å². The number of hydrogen-bond donors (Lipinski definition) is 1. The Balaban J connectivity index is 1.85. The summed E-state index contributed by atoms with van der Waals surface area (Å²) in [6, 6.07) is 6.51. The van der Waals surface area contributed by atoms with Crippen LogP contribution in [0.25, 0.3) is 0 Å². The van der Waals surface area contributed by atoms with Gasteiger partial charge in [-0.2, -0.15) is 5.06 Å². The predicted octanol–water partition coefficient (Wildman–Crippen LogP) is 2.37. The van der Waals surface area contributed by atoms with Gasteiger partial charge in [0.05, 0.1) is 12.1 Å². The van der Waals surface area contributed by atoms with Crippen molar-refractivity contribution < 1.29 is 14.7 Å². The number of hydroxylamine groups is 1. The van der Waals surface area contributed by atoms with Gasteiger partial charge in [-0.1, -0.05) is 12.8 Å². The minimum absolute atomic E-state index is 0.0117. The summed E-state index contributed by atoms with van der Waals surface area (Å²) in [4.78, 5) is 17.8. The molecule has 90 valence electrons. The first-order valence-corrected chi connectivity index (χ1v) is 6.00. The molecule has 4 nitrogen and oxygen atoms in total. The molecule has 1 aromatic carbocycles. The van der Waals surface area contributed by atoms with Crippen molar-refractivity contribution in [2.24, 2.45) is 0 Å². The van der Waals surface area contributed by atoms with Crippen LogP contribution in [0.15, 0.2) is 24.3 Å². The van der Waals surface area contributed by atoms with Crippen molar-refractivity contribution in [2.75, 3.05) is 5.06 Å². The first-order chi connectivity index (χ1) is 8.19. The fourth-order valence-electron chi connectivity index (χ4n) is 2.70. The quantitative estimate of drug-likeness (QED) is 0.810. The molecule has 1 aliphatic carbocycles. The molecule has 4 heteroatoms. The Bertz CT molecular complexity index is 434. The minimum atomic E-state index is -0.255. The molecule has 1 saturated heterocycles. The monoisotopic (exact) mass is 233 g/mol. The summed E-state index contributed by atoms with van der Waals surface area (Å²) in [6.07, 6.45) is 4.68. The highest BCUT2D eigenvalue weighted by Gasteiger charge is 2.47. The molecule has 0 radical (unpaired) electrons. The van der Waals surface area contributed by atoms with E-state index in [2.05, 4.69) is 0 Å². The standard InChI is InChI=1S/C13H15NO3/c15-11-5-3-10(4-6-11)14-12(16)9-13(17-14)7-1-2-8-13/h3-6,15H,1-2,7-9H2. The van der Waals surface area contributed by atoms with E-state index < -0.39 is 0 Å². The number of hydrogen-bond acceptors (Lipinski definition) is 3. The van der Waals surface area contributed by atoms with Gasteiger partial charge in [-0.05, 0) is 37.1 Å². The molecule has 1 saturated carbocycles. The van der Waals surface area contributed by atoms with E-state index in [1.807, 2.05) is 0 Å². The molecule has 2 aliphatic rings. The SMILES string of the molecule is O=C1CC2(CCCC2)ON1c1ccc(O)cc1. The van der Waals surface area contributed by atoms with Crippen LogP contribution in [0.2, 0.25) is 0 Å². The zero-order chi connectivity index (χ0) is 11.9. The van der Waals surface area contributed by atoms with E-state index in [1.165, 1.54) is 5.06 Å². The van der Waals surface area contributed by atoms with Crippen LogP contribution in [-0.2, 0) is 9.63 Å². The number of rotatable bonds is 1. The Labute approximate surface area is 99.8 Å². The van der Waals surface area contributed by atoms with Crippen LogP contribution < -0.4 is 5.06 Å². The average molecular weight is 233 g/mol. The van der Waals surface area contributed by atoms with Crippen LogP contribution in [-0.4, -0.2) is 16.6 Å². The van der Waals surface area contributed by atoms with Gasteiger partial charge in [0, 0.05) is 0 Å². The van der Waals surface area contributed by atoms with Crippen molar-refractivity contribution in [2.45, 2.75) is 37.7 Å². The molecule has 2 fully saturated rings. The van der Waals surface area contributed by atoms with Crippen molar-refractivity contribution in [3.63, 3.8) is 0 Å². The van der Waals surface area contributed by atoms with E-state index in [9.17, 15) is 9.90 Å². The Morgan fingerprint density at radius 3 is 2.47 bits per heavy atom. The van der Waals surface area contributed by atoms with Gasteiger partial charge in [0.1, 0.15) is 11.4 Å². The number of carbonyl (C=O) groups excluding carboxylic acids is 1. The van der Waals surface area contributed by atoms with E-state index in [0.29, 0.717) is 12.1 Å². The fourth-order valence-corrected chi connectivity index (χ4v) is 2.70. The van der Waals surface area contributed by atoms with Gasteiger partial charge in [-0.15, -0.1) is 0 Å². The highest BCUT2D eigenvalue weighted by atomic mass is 16.7. The number of phenolic OH excluding ortho intramolecular Hbond substituents is 1. The Kier molecular flexibility index (Phi) is 2.33. The number of benzene rings is 1. The lowest BCUT2D eigenvalue weighted by Crippen LogP contribution is -2.27. The topological polar surface area (TPSA) is 49.8 Å². The van der Waals surface area contributed by atoms with Gasteiger partial charge in [0.25, 0.3) is 5.91 Å². The number of amides is 1. The molecule has 17 heavy (non-hydrogen) atoms. The van der Waals surface area contributed by atoms with Crippen LogP contribution in [0, 0.1) is 0 Å². The largest absolute Gasteiger partial charge is 0.508 e. The fraction of sp³-hybridized carbons (Fsp3) is 0.462. The van der Waals surface area contributed by atoms with Crippen LogP contribution >= 0.6 is 0 Å². The van der Waals surface area contributed by atoms with Gasteiger partial charge in [0.15, 0.2) is 0 Å². The summed E-state index contributed by atoms with van der Waals surface area (Å²) in [7, 11) is 0. The summed E-state index contributed by atoms with van der Waals surface area (Å²) in [5.41, 5.74) is 0.436. The number of carbonyl (C=O) groups is 1. The molecule has 0 atom stereocenters. The van der Waals surface area contributed by atoms with Crippen LogP contribution in [0.4, 0.5) is 5.69 Å². The molecular formula is C13H15NO3. The lowest BCUT2D eigenvalue weighted by atomic mass is 9.99. The molecule has 1 spiro atoms. The van der Waals surface area contributed by atoms with E-state index in [4.69, 9.17) is 4.84 Å². The van der Waals surface area contributed by atoms with E-state index in [-0.39, 0.29) is 17.3 Å². The van der Waals surface area contributed by atoms with Gasteiger partial charge >= 0.3 is 0 Å². The lowest BCUT2D eigenvalue weighted by Gasteiger charge is -2.22. The molecule has 3 rings (SSSR count). The van der Waals surface area contributed by atoms with Crippen LogP contribution in [0.3, 0.4) is 0 Å². The highest BCUT2D eigenvalue weighted by Crippen LogP contribution is 2.42. The molecule has 1 amide bonds. The molecule has 1 N–H and O–H groups in total. The molecule has 1 aromatic rings. The van der Waals surface area contributed by atoms with Crippen molar-refractivity contribution in [1.82, 2.24) is 0 Å². The average Bonchev–Trinajstić information content (AvgIpc) is 2.88. The Hall–Kier alpha value is -1.55. The summed E-state index contributed by atoms with van der Waals surface area (Å²) in [6.45, 7) is 0. The molecule has 0 unspecified atom stereocenters. The molecule has 0 bridgehead atoms. The van der Waals surface area contributed by atoms with Crippen molar-refractivity contribution in [3.8, 4) is 5.75 Å². The van der Waals surface area contributed by atoms with Gasteiger partial charge < -0.3 is 5.11 Å². The summed E-state index contributed by atoms with van der Waals surface area (Å²) in [5.74, 6) is 0.202. The molecular weight excluding hydrogens is 218 g/mol. The first kappa shape index (κ1) is 10.6. The minimum Gasteiger partial charge on any atom is -0.508 e. The van der Waals surface area contributed by atoms with E-state index in [0.717, 1.165) is 25.7 Å². The number of nitrogens with zero attached hydrogens (tertiary/aromatic N) is 1. The maximum absolute atomic E-state index is 12.0. The third kappa shape index (κ3) is 1.78. The zero-order valence-electron chi connectivity index (χ0n) is 9.56. The normalized spacial score (nSPS) is 22.6. The Morgan fingerprint density at radius 1 is 1.18 bits per heavy atom. The molecule has 1 heterocycles. The second-order valence-corrected chi connectivity index (χ2v) is 4.86. The van der Waals surface area contributed by atoms with Crippen molar-refractivity contribution >= 4 is 11.6 Å². The summed E-state index contributed by atoms with van der Waals surface area (Å²) >= 11 is 0. The maximum Gasteiger partial charge on any atom is 0.253 e. The van der Waals surface area contributed by atoms with Gasteiger partial charge in [-0.3, -0.25) is 9.63 Å². The third-order valence-corrected chi connectivity index (χ3v) is 3.58. The molecule has 1 aliphatic heterocycles.